The fraction of sp³-hybridized carbons (Fsp3) is 0.545. The van der Waals surface area contributed by atoms with Gasteiger partial charge < -0.3 is 14.8 Å². The quantitative estimate of drug-likeness (QED) is 0.774. The van der Waals surface area contributed by atoms with Gasteiger partial charge in [0.05, 0.1) is 5.92 Å². The van der Waals surface area contributed by atoms with Crippen molar-refractivity contribution in [3.63, 3.8) is 0 Å². The second-order valence-corrected chi connectivity index (χ2v) is 7.63. The Morgan fingerprint density at radius 3 is 2.89 bits per heavy atom. The number of unbranched alkanes of at least 4 members (excludes halogenated alkanes) is 1. The number of H-pyrrole nitrogens is 1. The number of carbonyl (C=O) groups is 2. The van der Waals surface area contributed by atoms with Crippen molar-refractivity contribution >= 4 is 22.7 Å². The minimum absolute atomic E-state index is 0.107. The Morgan fingerprint density at radius 1 is 1.33 bits per heavy atom. The first-order valence-electron chi connectivity index (χ1n) is 10.2. The summed E-state index contributed by atoms with van der Waals surface area (Å²) in [6.45, 7) is 8.98. The van der Waals surface area contributed by atoms with Gasteiger partial charge in [-0.25, -0.2) is 0 Å². The predicted octanol–water partition coefficient (Wildman–Crippen LogP) is 3.52. The molecule has 1 aromatic carbocycles. The van der Waals surface area contributed by atoms with Gasteiger partial charge in [-0.3, -0.25) is 9.59 Å². The number of carbonyl (C=O) groups excluding carboxylic acids is 2. The van der Waals surface area contributed by atoms with Crippen molar-refractivity contribution in [3.8, 4) is 0 Å². The molecule has 146 valence electrons. The highest BCUT2D eigenvalue weighted by atomic mass is 16.2. The number of fused-ring (bicyclic) bond motifs is 1. The van der Waals surface area contributed by atoms with Crippen molar-refractivity contribution in [2.24, 2.45) is 5.92 Å². The molecule has 0 bridgehead atoms. The van der Waals surface area contributed by atoms with Gasteiger partial charge in [0.2, 0.25) is 11.8 Å². The first-order chi connectivity index (χ1) is 13.0. The molecule has 0 saturated carbocycles. The topological polar surface area (TPSA) is 56.4 Å². The molecule has 0 radical (unpaired) electrons. The number of aromatic amines is 1. The lowest BCUT2D eigenvalue weighted by atomic mass is 10.1. The number of benzene rings is 1. The van der Waals surface area contributed by atoms with Gasteiger partial charge in [-0.05, 0) is 44.4 Å². The molecule has 5 nitrogen and oxygen atoms in total. The average molecular weight is 370 g/mol. The molecular formula is C22H31N3O2. The van der Waals surface area contributed by atoms with Crippen LogP contribution < -0.4 is 0 Å². The SMILES string of the molecule is CCCCN(CC)C(=O)[C@@H]1CC(=O)N(CCc2c[nH]c3ccc(C)cc23)C1. The van der Waals surface area contributed by atoms with Crippen molar-refractivity contribution in [2.45, 2.75) is 46.5 Å². The van der Waals surface area contributed by atoms with Crippen molar-refractivity contribution < 1.29 is 9.59 Å². The van der Waals surface area contributed by atoms with Crippen LogP contribution in [0.15, 0.2) is 24.4 Å². The van der Waals surface area contributed by atoms with E-state index >= 15 is 0 Å². The standard InChI is InChI=1S/C22H31N3O2/c1-4-6-10-24(5-2)22(27)18-13-21(26)25(15-18)11-9-17-14-23-20-8-7-16(3)12-19(17)20/h7-8,12,14,18,23H,4-6,9-11,13,15H2,1-3H3/t18-/m1/s1. The van der Waals surface area contributed by atoms with Gasteiger partial charge in [0.25, 0.3) is 0 Å². The Bertz CT molecular complexity index is 811. The summed E-state index contributed by atoms with van der Waals surface area (Å²) >= 11 is 0. The van der Waals surface area contributed by atoms with Gasteiger partial charge in [-0.2, -0.15) is 0 Å². The maximum Gasteiger partial charge on any atom is 0.227 e. The summed E-state index contributed by atoms with van der Waals surface area (Å²) in [5.74, 6) is 0.0694. The van der Waals surface area contributed by atoms with E-state index in [2.05, 4.69) is 37.0 Å². The maximum absolute atomic E-state index is 12.8. The number of hydrogen-bond acceptors (Lipinski definition) is 2. The molecule has 2 amide bonds. The van der Waals surface area contributed by atoms with Crippen molar-refractivity contribution in [1.82, 2.24) is 14.8 Å². The monoisotopic (exact) mass is 369 g/mol. The van der Waals surface area contributed by atoms with E-state index in [4.69, 9.17) is 0 Å². The zero-order valence-electron chi connectivity index (χ0n) is 16.8. The third-order valence-electron chi connectivity index (χ3n) is 5.61. The second-order valence-electron chi connectivity index (χ2n) is 7.63. The smallest absolute Gasteiger partial charge is 0.227 e. The van der Waals surface area contributed by atoms with Gasteiger partial charge >= 0.3 is 0 Å². The number of likely N-dealkylation sites (tertiary alicyclic amines) is 1. The largest absolute Gasteiger partial charge is 0.361 e. The fourth-order valence-electron chi connectivity index (χ4n) is 3.94. The Balaban J connectivity index is 1.60. The van der Waals surface area contributed by atoms with Crippen LogP contribution in [0.1, 0.15) is 44.2 Å². The molecule has 0 spiro atoms. The van der Waals surface area contributed by atoms with Gasteiger partial charge in [0.1, 0.15) is 0 Å². The van der Waals surface area contributed by atoms with Crippen molar-refractivity contribution in [3.05, 3.63) is 35.5 Å². The molecule has 1 aliphatic rings. The van der Waals surface area contributed by atoms with E-state index < -0.39 is 0 Å². The van der Waals surface area contributed by atoms with Crippen molar-refractivity contribution in [2.75, 3.05) is 26.2 Å². The molecule has 5 heteroatoms. The van der Waals surface area contributed by atoms with E-state index in [0.717, 1.165) is 37.9 Å². The average Bonchev–Trinajstić information content (AvgIpc) is 3.23. The van der Waals surface area contributed by atoms with Crippen molar-refractivity contribution in [1.29, 1.82) is 0 Å². The Labute approximate surface area is 161 Å². The first kappa shape index (κ1) is 19.5. The molecule has 0 aliphatic carbocycles. The first-order valence-corrected chi connectivity index (χ1v) is 10.2. The molecule has 1 aromatic heterocycles. The summed E-state index contributed by atoms with van der Waals surface area (Å²) in [5, 5.41) is 1.23. The van der Waals surface area contributed by atoms with Crippen LogP contribution in [0.2, 0.25) is 0 Å². The summed E-state index contributed by atoms with van der Waals surface area (Å²) in [6, 6.07) is 6.38. The summed E-state index contributed by atoms with van der Waals surface area (Å²) < 4.78 is 0. The number of nitrogens with zero attached hydrogens (tertiary/aromatic N) is 2. The molecule has 1 aliphatic heterocycles. The number of amides is 2. The van der Waals surface area contributed by atoms with Gasteiger partial charge in [-0.1, -0.05) is 25.0 Å². The molecule has 1 N–H and O–H groups in total. The molecule has 2 aromatic rings. The van der Waals surface area contributed by atoms with Crippen LogP contribution in [-0.2, 0) is 16.0 Å². The van der Waals surface area contributed by atoms with E-state index in [9.17, 15) is 9.59 Å². The zero-order valence-corrected chi connectivity index (χ0v) is 16.8. The molecular weight excluding hydrogens is 338 g/mol. The molecule has 1 atom stereocenters. The third-order valence-corrected chi connectivity index (χ3v) is 5.61. The highest BCUT2D eigenvalue weighted by Gasteiger charge is 2.35. The van der Waals surface area contributed by atoms with E-state index in [1.165, 1.54) is 16.5 Å². The second kappa shape index (κ2) is 8.59. The summed E-state index contributed by atoms with van der Waals surface area (Å²) in [6.07, 6.45) is 5.29. The number of hydrogen-bond donors (Lipinski definition) is 1. The van der Waals surface area contributed by atoms with Crippen LogP contribution in [0, 0.1) is 12.8 Å². The maximum atomic E-state index is 12.8. The Hall–Kier alpha value is -2.30. The summed E-state index contributed by atoms with van der Waals surface area (Å²) in [7, 11) is 0. The lowest BCUT2D eigenvalue weighted by Gasteiger charge is -2.24. The van der Waals surface area contributed by atoms with Crippen LogP contribution in [0.4, 0.5) is 0 Å². The molecule has 1 fully saturated rings. The van der Waals surface area contributed by atoms with Gasteiger partial charge in [-0.15, -0.1) is 0 Å². The lowest BCUT2D eigenvalue weighted by molar-refractivity contribution is -0.135. The molecule has 0 unspecified atom stereocenters. The predicted molar refractivity (Wildman–Crippen MR) is 109 cm³/mol. The number of rotatable bonds is 8. The van der Waals surface area contributed by atoms with Crippen LogP contribution in [0.5, 0.6) is 0 Å². The number of aromatic nitrogens is 1. The van der Waals surface area contributed by atoms with E-state index in [0.29, 0.717) is 19.5 Å². The minimum Gasteiger partial charge on any atom is -0.361 e. The normalized spacial score (nSPS) is 17.1. The van der Waals surface area contributed by atoms with Gasteiger partial charge in [0, 0.05) is 49.7 Å². The van der Waals surface area contributed by atoms with E-state index in [1.54, 1.807) is 0 Å². The summed E-state index contributed by atoms with van der Waals surface area (Å²) in [4.78, 5) is 32.3. The Kier molecular flexibility index (Phi) is 6.19. The van der Waals surface area contributed by atoms with E-state index in [-0.39, 0.29) is 17.7 Å². The number of nitrogens with one attached hydrogen (secondary N) is 1. The fourth-order valence-corrected chi connectivity index (χ4v) is 3.94. The minimum atomic E-state index is -0.181. The molecule has 2 heterocycles. The van der Waals surface area contributed by atoms with Crippen LogP contribution in [0.3, 0.4) is 0 Å². The van der Waals surface area contributed by atoms with E-state index in [1.807, 2.05) is 22.9 Å². The molecule has 1 saturated heterocycles. The Morgan fingerprint density at radius 2 is 2.15 bits per heavy atom. The molecule has 3 rings (SSSR count). The van der Waals surface area contributed by atoms with Crippen LogP contribution in [0.25, 0.3) is 10.9 Å². The lowest BCUT2D eigenvalue weighted by Crippen LogP contribution is -2.38. The zero-order chi connectivity index (χ0) is 19.4. The number of aryl methyl sites for hydroxylation is 1. The molecule has 27 heavy (non-hydrogen) atoms. The van der Waals surface area contributed by atoms with Gasteiger partial charge in [0.15, 0.2) is 0 Å². The summed E-state index contributed by atoms with van der Waals surface area (Å²) in [5.41, 5.74) is 3.60. The van der Waals surface area contributed by atoms with Crippen LogP contribution >= 0.6 is 0 Å². The van der Waals surface area contributed by atoms with Crippen LogP contribution in [-0.4, -0.2) is 52.8 Å². The third kappa shape index (κ3) is 4.34. The highest BCUT2D eigenvalue weighted by Crippen LogP contribution is 2.23. The highest BCUT2D eigenvalue weighted by molar-refractivity contribution is 5.89.